The molecule has 2 heterocycles. The van der Waals surface area contributed by atoms with Gasteiger partial charge in [-0.1, -0.05) is 0 Å². The maximum absolute atomic E-state index is 4.36. The summed E-state index contributed by atoms with van der Waals surface area (Å²) in [6, 6.07) is 2.79. The number of hydrogen-bond donors (Lipinski definition) is 2. The van der Waals surface area contributed by atoms with Crippen LogP contribution in [0, 0.1) is 0 Å². The highest BCUT2D eigenvalue weighted by Crippen LogP contribution is 2.02. The van der Waals surface area contributed by atoms with Crippen LogP contribution in [0.4, 0.5) is 0 Å². The van der Waals surface area contributed by atoms with Crippen molar-refractivity contribution in [1.29, 1.82) is 0 Å². The molecule has 0 atom stereocenters. The summed E-state index contributed by atoms with van der Waals surface area (Å²) in [6.45, 7) is 3.35. The molecule has 1 aliphatic rings. The number of rotatable bonds is 4. The topological polar surface area (TPSA) is 41.9 Å². The summed E-state index contributed by atoms with van der Waals surface area (Å²) in [7, 11) is 1.96. The summed E-state index contributed by atoms with van der Waals surface area (Å²) in [5, 5.41) is 11.3. The Morgan fingerprint density at radius 1 is 1.53 bits per heavy atom. The molecule has 1 aromatic heterocycles. The summed E-state index contributed by atoms with van der Waals surface area (Å²) in [5.74, 6) is 0. The van der Waals surface area contributed by atoms with Gasteiger partial charge in [-0.15, -0.1) is 0 Å². The number of aryl methyl sites for hydroxylation is 1. The Morgan fingerprint density at radius 2 is 2.33 bits per heavy atom. The molecular weight excluding hydrogens is 188 g/mol. The molecule has 2 rings (SSSR count). The maximum Gasteiger partial charge on any atom is 0.0637 e. The average molecular weight is 208 g/mol. The summed E-state index contributed by atoms with van der Waals surface area (Å²) >= 11 is 0. The van der Waals surface area contributed by atoms with Gasteiger partial charge in [0.15, 0.2) is 0 Å². The van der Waals surface area contributed by atoms with E-state index < -0.39 is 0 Å². The Hall–Kier alpha value is -0.870. The molecule has 84 valence electrons. The van der Waals surface area contributed by atoms with Crippen molar-refractivity contribution >= 4 is 0 Å². The third-order valence-corrected chi connectivity index (χ3v) is 2.92. The second-order valence-electron chi connectivity index (χ2n) is 4.21. The zero-order valence-corrected chi connectivity index (χ0v) is 9.37. The van der Waals surface area contributed by atoms with Gasteiger partial charge in [0, 0.05) is 32.3 Å². The predicted octanol–water partition coefficient (Wildman–Crippen LogP) is 0.304. The van der Waals surface area contributed by atoms with Crippen molar-refractivity contribution in [2.75, 3.05) is 19.6 Å². The standard InChI is InChI=1S/C11H20N4/c1-15-9-5-11(14-15)4-8-13-10-2-6-12-7-3-10/h5,9-10,12-13H,2-4,6-8H2,1H3. The highest BCUT2D eigenvalue weighted by Gasteiger charge is 2.11. The molecule has 0 spiro atoms. The second-order valence-corrected chi connectivity index (χ2v) is 4.21. The zero-order chi connectivity index (χ0) is 10.5. The zero-order valence-electron chi connectivity index (χ0n) is 9.37. The van der Waals surface area contributed by atoms with Crippen molar-refractivity contribution in [2.45, 2.75) is 25.3 Å². The molecule has 0 amide bonds. The van der Waals surface area contributed by atoms with E-state index in [9.17, 15) is 0 Å². The Bertz CT molecular complexity index is 289. The van der Waals surface area contributed by atoms with Crippen molar-refractivity contribution < 1.29 is 0 Å². The summed E-state index contributed by atoms with van der Waals surface area (Å²) in [5.41, 5.74) is 1.18. The van der Waals surface area contributed by atoms with Crippen LogP contribution in [0.25, 0.3) is 0 Å². The smallest absolute Gasteiger partial charge is 0.0637 e. The van der Waals surface area contributed by atoms with E-state index >= 15 is 0 Å². The van der Waals surface area contributed by atoms with E-state index in [-0.39, 0.29) is 0 Å². The van der Waals surface area contributed by atoms with Crippen LogP contribution in [-0.4, -0.2) is 35.5 Å². The Balaban J connectivity index is 1.65. The third kappa shape index (κ3) is 3.32. The molecule has 0 aliphatic carbocycles. The number of nitrogens with zero attached hydrogens (tertiary/aromatic N) is 2. The highest BCUT2D eigenvalue weighted by atomic mass is 15.2. The van der Waals surface area contributed by atoms with Gasteiger partial charge >= 0.3 is 0 Å². The first kappa shape index (κ1) is 10.6. The van der Waals surface area contributed by atoms with Crippen LogP contribution in [0.2, 0.25) is 0 Å². The molecule has 1 aromatic rings. The van der Waals surface area contributed by atoms with Gasteiger partial charge in [-0.05, 0) is 32.0 Å². The number of aromatic nitrogens is 2. The van der Waals surface area contributed by atoms with E-state index in [2.05, 4.69) is 21.8 Å². The van der Waals surface area contributed by atoms with E-state index in [1.54, 1.807) is 0 Å². The van der Waals surface area contributed by atoms with Crippen LogP contribution in [0.1, 0.15) is 18.5 Å². The van der Waals surface area contributed by atoms with Crippen molar-refractivity contribution in [3.05, 3.63) is 18.0 Å². The monoisotopic (exact) mass is 208 g/mol. The van der Waals surface area contributed by atoms with Gasteiger partial charge in [0.25, 0.3) is 0 Å². The van der Waals surface area contributed by atoms with Crippen LogP contribution in [0.5, 0.6) is 0 Å². The highest BCUT2D eigenvalue weighted by molar-refractivity contribution is 4.99. The number of nitrogens with one attached hydrogen (secondary N) is 2. The lowest BCUT2D eigenvalue weighted by Gasteiger charge is -2.23. The lowest BCUT2D eigenvalue weighted by Crippen LogP contribution is -2.40. The van der Waals surface area contributed by atoms with E-state index in [1.807, 2.05) is 17.9 Å². The van der Waals surface area contributed by atoms with Gasteiger partial charge in [-0.2, -0.15) is 5.10 Å². The van der Waals surface area contributed by atoms with Crippen molar-refractivity contribution in [2.24, 2.45) is 7.05 Å². The molecule has 4 heteroatoms. The summed E-state index contributed by atoms with van der Waals surface area (Å²) < 4.78 is 1.86. The SMILES string of the molecule is Cn1ccc(CCNC2CCNCC2)n1. The summed E-state index contributed by atoms with van der Waals surface area (Å²) in [4.78, 5) is 0. The molecule has 0 aromatic carbocycles. The van der Waals surface area contributed by atoms with Gasteiger partial charge in [0.05, 0.1) is 5.69 Å². The fourth-order valence-electron chi connectivity index (χ4n) is 2.03. The summed E-state index contributed by atoms with van der Waals surface area (Å²) in [6.07, 6.45) is 5.54. The largest absolute Gasteiger partial charge is 0.317 e. The minimum Gasteiger partial charge on any atom is -0.317 e. The van der Waals surface area contributed by atoms with Crippen LogP contribution in [0.3, 0.4) is 0 Å². The van der Waals surface area contributed by atoms with Crippen molar-refractivity contribution in [1.82, 2.24) is 20.4 Å². The van der Waals surface area contributed by atoms with Gasteiger partial charge in [0.1, 0.15) is 0 Å². The minimum absolute atomic E-state index is 0.704. The van der Waals surface area contributed by atoms with E-state index in [0.29, 0.717) is 6.04 Å². The molecule has 15 heavy (non-hydrogen) atoms. The first-order valence-corrected chi connectivity index (χ1v) is 5.77. The molecule has 4 nitrogen and oxygen atoms in total. The van der Waals surface area contributed by atoms with Crippen LogP contribution >= 0.6 is 0 Å². The molecule has 0 saturated carbocycles. The predicted molar refractivity (Wildman–Crippen MR) is 60.8 cm³/mol. The van der Waals surface area contributed by atoms with E-state index in [0.717, 1.165) is 26.1 Å². The normalized spacial score (nSPS) is 18.2. The van der Waals surface area contributed by atoms with Gasteiger partial charge in [-0.25, -0.2) is 0 Å². The van der Waals surface area contributed by atoms with E-state index in [1.165, 1.54) is 18.5 Å². The lowest BCUT2D eigenvalue weighted by atomic mass is 10.1. The fraction of sp³-hybridized carbons (Fsp3) is 0.727. The Kier molecular flexibility index (Phi) is 3.75. The molecule has 1 saturated heterocycles. The van der Waals surface area contributed by atoms with E-state index in [4.69, 9.17) is 0 Å². The molecule has 0 radical (unpaired) electrons. The number of hydrogen-bond acceptors (Lipinski definition) is 3. The number of piperidine rings is 1. The Labute approximate surface area is 91.1 Å². The van der Waals surface area contributed by atoms with Gasteiger partial charge in [0.2, 0.25) is 0 Å². The average Bonchev–Trinajstić information content (AvgIpc) is 2.66. The molecule has 2 N–H and O–H groups in total. The van der Waals surface area contributed by atoms with Crippen LogP contribution < -0.4 is 10.6 Å². The molecular formula is C11H20N4. The first-order chi connectivity index (χ1) is 7.34. The van der Waals surface area contributed by atoms with Crippen LogP contribution in [-0.2, 0) is 13.5 Å². The van der Waals surface area contributed by atoms with Gasteiger partial charge in [-0.3, -0.25) is 4.68 Å². The minimum atomic E-state index is 0.704. The first-order valence-electron chi connectivity index (χ1n) is 5.77. The van der Waals surface area contributed by atoms with Crippen molar-refractivity contribution in [3.8, 4) is 0 Å². The molecule has 0 bridgehead atoms. The Morgan fingerprint density at radius 3 is 3.00 bits per heavy atom. The third-order valence-electron chi connectivity index (χ3n) is 2.92. The lowest BCUT2D eigenvalue weighted by molar-refractivity contribution is 0.389. The fourth-order valence-corrected chi connectivity index (χ4v) is 2.03. The molecule has 1 fully saturated rings. The second kappa shape index (κ2) is 5.28. The molecule has 1 aliphatic heterocycles. The van der Waals surface area contributed by atoms with Gasteiger partial charge < -0.3 is 10.6 Å². The molecule has 0 unspecified atom stereocenters. The maximum atomic E-state index is 4.36. The van der Waals surface area contributed by atoms with Crippen LogP contribution in [0.15, 0.2) is 12.3 Å². The quantitative estimate of drug-likeness (QED) is 0.748. The van der Waals surface area contributed by atoms with Crippen molar-refractivity contribution in [3.63, 3.8) is 0 Å².